The molecule has 0 unspecified atom stereocenters. The second kappa shape index (κ2) is 11.3. The fourth-order valence-corrected chi connectivity index (χ4v) is 7.58. The Labute approximate surface area is 230 Å². The minimum atomic E-state index is -3.17. The number of piperidine rings is 1. The number of benzene rings is 1. The van der Waals surface area contributed by atoms with Crippen molar-refractivity contribution in [3.05, 3.63) is 46.2 Å². The first-order chi connectivity index (χ1) is 18.5. The molecule has 0 aliphatic carbocycles. The van der Waals surface area contributed by atoms with Crippen LogP contribution in [-0.4, -0.2) is 108 Å². The molecule has 3 fully saturated rings. The van der Waals surface area contributed by atoms with Crippen LogP contribution in [0.1, 0.15) is 55.9 Å². The molecule has 3 atom stereocenters. The standard InChI is InChI=1S/C28H41N5O5S/c1-19(2)33-26-7-5-4-6-20(26)14-25(28(33)36)27(35)29-21-15-22-8-9-23(16-21)32(22)18-24(34)17-30-10-12-31(13-11-30)39(3,37)38/h4-7,14,19,21-24,34H,8-13,15-18H2,1-3H3,(H,29,35)/t22-,23-,24-/m0/s1. The van der Waals surface area contributed by atoms with Crippen LogP contribution in [0, 0.1) is 0 Å². The second-order valence-electron chi connectivity index (χ2n) is 11.7. The van der Waals surface area contributed by atoms with Crippen molar-refractivity contribution in [2.75, 3.05) is 45.5 Å². The van der Waals surface area contributed by atoms with Gasteiger partial charge in [-0.15, -0.1) is 0 Å². The summed E-state index contributed by atoms with van der Waals surface area (Å²) < 4.78 is 26.7. The number of hydrogen-bond acceptors (Lipinski definition) is 7. The number of carbonyl (C=O) groups is 1. The molecule has 0 radical (unpaired) electrons. The summed E-state index contributed by atoms with van der Waals surface area (Å²) in [4.78, 5) is 31.1. The maximum Gasteiger partial charge on any atom is 0.264 e. The molecule has 1 aromatic carbocycles. The first-order valence-corrected chi connectivity index (χ1v) is 15.9. The lowest BCUT2D eigenvalue weighted by Gasteiger charge is -2.41. The van der Waals surface area contributed by atoms with E-state index >= 15 is 0 Å². The molecule has 0 spiro atoms. The van der Waals surface area contributed by atoms with Gasteiger partial charge < -0.3 is 15.0 Å². The number of carbonyl (C=O) groups excluding carboxylic acids is 1. The van der Waals surface area contributed by atoms with Crippen LogP contribution >= 0.6 is 0 Å². The molecule has 3 aliphatic heterocycles. The van der Waals surface area contributed by atoms with Gasteiger partial charge in [-0.3, -0.25) is 19.4 Å². The largest absolute Gasteiger partial charge is 0.390 e. The quantitative estimate of drug-likeness (QED) is 0.500. The molecule has 2 bridgehead atoms. The van der Waals surface area contributed by atoms with Crippen LogP contribution in [0.5, 0.6) is 0 Å². The number of hydrogen-bond donors (Lipinski definition) is 2. The summed E-state index contributed by atoms with van der Waals surface area (Å²) in [5.74, 6) is -0.314. The number of amides is 1. The van der Waals surface area contributed by atoms with Gasteiger partial charge in [-0.2, -0.15) is 4.31 Å². The van der Waals surface area contributed by atoms with Crippen LogP contribution in [0.25, 0.3) is 10.9 Å². The number of aliphatic hydroxyl groups is 1. The molecule has 39 heavy (non-hydrogen) atoms. The highest BCUT2D eigenvalue weighted by Gasteiger charge is 2.42. The molecule has 3 aliphatic rings. The number of aliphatic hydroxyl groups excluding tert-OH is 1. The van der Waals surface area contributed by atoms with E-state index < -0.39 is 16.1 Å². The summed E-state index contributed by atoms with van der Waals surface area (Å²) in [6, 6.07) is 9.87. The van der Waals surface area contributed by atoms with Crippen molar-refractivity contribution in [3.8, 4) is 0 Å². The summed E-state index contributed by atoms with van der Waals surface area (Å²) in [6.45, 7) is 7.17. The third-order valence-electron chi connectivity index (χ3n) is 8.62. The van der Waals surface area contributed by atoms with Gasteiger partial charge in [0, 0.05) is 63.4 Å². The Kier molecular flexibility index (Phi) is 8.17. The number of pyridine rings is 1. The highest BCUT2D eigenvalue weighted by Crippen LogP contribution is 2.36. The van der Waals surface area contributed by atoms with Gasteiger partial charge in [0.1, 0.15) is 5.56 Å². The molecule has 11 heteroatoms. The van der Waals surface area contributed by atoms with Crippen molar-refractivity contribution in [1.29, 1.82) is 0 Å². The van der Waals surface area contributed by atoms with Crippen LogP contribution < -0.4 is 10.9 Å². The van der Waals surface area contributed by atoms with E-state index in [-0.39, 0.29) is 41.2 Å². The average molecular weight is 560 g/mol. The van der Waals surface area contributed by atoms with Crippen molar-refractivity contribution in [2.24, 2.45) is 0 Å². The van der Waals surface area contributed by atoms with Gasteiger partial charge in [0.15, 0.2) is 0 Å². The molecule has 4 heterocycles. The summed E-state index contributed by atoms with van der Waals surface area (Å²) in [5.41, 5.74) is 0.752. The zero-order chi connectivity index (χ0) is 27.9. The Hall–Kier alpha value is -2.31. The fourth-order valence-electron chi connectivity index (χ4n) is 6.76. The number of sulfonamides is 1. The predicted octanol–water partition coefficient (Wildman–Crippen LogP) is 1.25. The van der Waals surface area contributed by atoms with Gasteiger partial charge >= 0.3 is 0 Å². The minimum absolute atomic E-state index is 0.00849. The lowest BCUT2D eigenvalue weighted by atomic mass is 9.96. The molecule has 1 amide bonds. The van der Waals surface area contributed by atoms with E-state index in [2.05, 4.69) is 15.1 Å². The van der Waals surface area contributed by atoms with E-state index in [1.165, 1.54) is 10.6 Å². The Balaban J connectivity index is 1.18. The maximum absolute atomic E-state index is 13.3. The lowest BCUT2D eigenvalue weighted by molar-refractivity contribution is 0.0276. The van der Waals surface area contributed by atoms with E-state index in [0.29, 0.717) is 39.3 Å². The summed E-state index contributed by atoms with van der Waals surface area (Å²) in [6.07, 6.45) is 4.39. The molecule has 0 saturated carbocycles. The Morgan fingerprint density at radius 1 is 1.05 bits per heavy atom. The highest BCUT2D eigenvalue weighted by atomic mass is 32.2. The number of nitrogens with one attached hydrogen (secondary N) is 1. The summed E-state index contributed by atoms with van der Waals surface area (Å²) >= 11 is 0. The van der Waals surface area contributed by atoms with Gasteiger partial charge in [0.25, 0.3) is 11.5 Å². The Bertz CT molecular complexity index is 1350. The number of para-hydroxylation sites is 1. The third-order valence-corrected chi connectivity index (χ3v) is 9.92. The summed E-state index contributed by atoms with van der Waals surface area (Å²) in [5, 5.41) is 14.9. The van der Waals surface area contributed by atoms with Crippen LogP contribution in [-0.2, 0) is 10.0 Å². The third kappa shape index (κ3) is 6.07. The predicted molar refractivity (Wildman–Crippen MR) is 151 cm³/mol. The molecular formula is C28H41N5O5S. The average Bonchev–Trinajstić information content (AvgIpc) is 3.10. The topological polar surface area (TPSA) is 115 Å². The molecule has 10 nitrogen and oxygen atoms in total. The SMILES string of the molecule is CC(C)n1c(=O)c(C(=O)NC2C[C@@H]3CC[C@@H](C2)N3C[C@@H](O)CN2CCN(S(C)(=O)=O)CC2)cc2ccccc21. The number of fused-ring (bicyclic) bond motifs is 3. The van der Waals surface area contributed by atoms with E-state index in [4.69, 9.17) is 0 Å². The van der Waals surface area contributed by atoms with E-state index in [0.717, 1.165) is 36.6 Å². The molecule has 214 valence electrons. The normalized spacial score (nSPS) is 25.8. The molecular weight excluding hydrogens is 518 g/mol. The van der Waals surface area contributed by atoms with Gasteiger partial charge in [-0.25, -0.2) is 8.42 Å². The minimum Gasteiger partial charge on any atom is -0.390 e. The van der Waals surface area contributed by atoms with Gasteiger partial charge in [0.05, 0.1) is 17.9 Å². The number of nitrogens with zero attached hydrogens (tertiary/aromatic N) is 4. The molecule has 1 aromatic heterocycles. The van der Waals surface area contributed by atoms with E-state index in [9.17, 15) is 23.1 Å². The smallest absolute Gasteiger partial charge is 0.264 e. The molecule has 5 rings (SSSR count). The molecule has 3 saturated heterocycles. The molecule has 2 aromatic rings. The van der Waals surface area contributed by atoms with Crippen LogP contribution in [0.2, 0.25) is 0 Å². The van der Waals surface area contributed by atoms with Crippen LogP contribution in [0.3, 0.4) is 0 Å². The second-order valence-corrected chi connectivity index (χ2v) is 13.7. The fraction of sp³-hybridized carbons (Fsp3) is 0.643. The van der Waals surface area contributed by atoms with E-state index in [1.807, 2.05) is 38.1 Å². The molecule has 2 N–H and O–H groups in total. The van der Waals surface area contributed by atoms with Gasteiger partial charge in [-0.05, 0) is 57.0 Å². The summed E-state index contributed by atoms with van der Waals surface area (Å²) in [7, 11) is -3.17. The first-order valence-electron chi connectivity index (χ1n) is 14.1. The van der Waals surface area contributed by atoms with Crippen molar-refractivity contribution in [1.82, 2.24) is 24.0 Å². The van der Waals surface area contributed by atoms with Gasteiger partial charge in [0.2, 0.25) is 10.0 Å². The number of aromatic nitrogens is 1. The monoisotopic (exact) mass is 559 g/mol. The lowest BCUT2D eigenvalue weighted by Crippen LogP contribution is -2.55. The van der Waals surface area contributed by atoms with Crippen molar-refractivity contribution < 1.29 is 18.3 Å². The van der Waals surface area contributed by atoms with Crippen molar-refractivity contribution >= 4 is 26.8 Å². The zero-order valence-corrected chi connectivity index (χ0v) is 23.9. The zero-order valence-electron chi connectivity index (χ0n) is 23.1. The van der Waals surface area contributed by atoms with Gasteiger partial charge in [-0.1, -0.05) is 18.2 Å². The first kappa shape index (κ1) is 28.2. The number of β-amino-alcohol motifs (C(OH)–C–C–N with tert-alkyl or cyclic N) is 1. The number of piperazine rings is 1. The van der Waals surface area contributed by atoms with E-state index in [1.54, 1.807) is 10.6 Å². The van der Waals surface area contributed by atoms with Crippen molar-refractivity contribution in [3.63, 3.8) is 0 Å². The Morgan fingerprint density at radius 3 is 2.31 bits per heavy atom. The Morgan fingerprint density at radius 2 is 1.69 bits per heavy atom. The highest BCUT2D eigenvalue weighted by molar-refractivity contribution is 7.88. The maximum atomic E-state index is 13.3. The van der Waals surface area contributed by atoms with Crippen LogP contribution in [0.4, 0.5) is 0 Å². The van der Waals surface area contributed by atoms with Crippen molar-refractivity contribution in [2.45, 2.75) is 69.8 Å². The number of rotatable bonds is 8. The van der Waals surface area contributed by atoms with Crippen LogP contribution in [0.15, 0.2) is 35.1 Å².